The molecular formula is C12H10FNO4. The Morgan fingerprint density at radius 2 is 2.00 bits per heavy atom. The van der Waals surface area contributed by atoms with Gasteiger partial charge in [0.25, 0.3) is 0 Å². The predicted molar refractivity (Wildman–Crippen MR) is 58.2 cm³/mol. The van der Waals surface area contributed by atoms with Gasteiger partial charge in [-0.15, -0.1) is 0 Å². The maximum atomic E-state index is 12.8. The van der Waals surface area contributed by atoms with E-state index in [4.69, 9.17) is 10.5 Å². The molecule has 0 radical (unpaired) electrons. The number of hydrogen-bond acceptors (Lipinski definition) is 5. The van der Waals surface area contributed by atoms with Gasteiger partial charge in [0, 0.05) is 12.5 Å². The van der Waals surface area contributed by atoms with Crippen molar-refractivity contribution >= 4 is 11.8 Å². The average Bonchev–Trinajstić information content (AvgIpc) is 2.58. The monoisotopic (exact) mass is 251 g/mol. The molecule has 2 N–H and O–H groups in total. The molecule has 2 rings (SSSR count). The standard InChI is InChI=1S/C12H10FNO4/c1-6(15)17-11-9(16)10(18-12(11)14)7-2-4-8(13)5-3-7/h2-5,10H,14H2,1H3. The molecule has 1 aromatic rings. The summed E-state index contributed by atoms with van der Waals surface area (Å²) in [6, 6.07) is 5.21. The van der Waals surface area contributed by atoms with Crippen LogP contribution in [0.4, 0.5) is 4.39 Å². The molecule has 1 aliphatic heterocycles. The number of rotatable bonds is 2. The summed E-state index contributed by atoms with van der Waals surface area (Å²) in [5, 5.41) is 0. The van der Waals surface area contributed by atoms with E-state index in [1.54, 1.807) is 0 Å². The van der Waals surface area contributed by atoms with Crippen LogP contribution in [-0.2, 0) is 19.1 Å². The van der Waals surface area contributed by atoms with Crippen LogP contribution < -0.4 is 5.73 Å². The van der Waals surface area contributed by atoms with E-state index in [-0.39, 0.29) is 11.6 Å². The minimum absolute atomic E-state index is 0.246. The lowest BCUT2D eigenvalue weighted by Gasteiger charge is -2.09. The summed E-state index contributed by atoms with van der Waals surface area (Å²) >= 11 is 0. The quantitative estimate of drug-likeness (QED) is 0.798. The van der Waals surface area contributed by atoms with Crippen molar-refractivity contribution in [1.82, 2.24) is 0 Å². The van der Waals surface area contributed by atoms with Crippen molar-refractivity contribution in [2.24, 2.45) is 5.73 Å². The smallest absolute Gasteiger partial charge is 0.308 e. The number of ketones is 1. The van der Waals surface area contributed by atoms with E-state index in [1.165, 1.54) is 24.3 Å². The first-order valence-corrected chi connectivity index (χ1v) is 5.13. The fourth-order valence-electron chi connectivity index (χ4n) is 1.58. The molecule has 0 amide bonds. The van der Waals surface area contributed by atoms with Gasteiger partial charge in [-0.3, -0.25) is 9.59 Å². The van der Waals surface area contributed by atoms with Gasteiger partial charge in [0.15, 0.2) is 6.10 Å². The topological polar surface area (TPSA) is 78.6 Å². The highest BCUT2D eigenvalue weighted by molar-refractivity contribution is 6.01. The van der Waals surface area contributed by atoms with E-state index in [9.17, 15) is 14.0 Å². The summed E-state index contributed by atoms with van der Waals surface area (Å²) in [7, 11) is 0. The number of carbonyl (C=O) groups excluding carboxylic acids is 2. The van der Waals surface area contributed by atoms with Crippen LogP contribution in [-0.4, -0.2) is 11.8 Å². The molecule has 0 bridgehead atoms. The van der Waals surface area contributed by atoms with Gasteiger partial charge < -0.3 is 15.2 Å². The van der Waals surface area contributed by atoms with Gasteiger partial charge in [-0.05, 0) is 12.1 Å². The molecule has 1 heterocycles. The van der Waals surface area contributed by atoms with Crippen LogP contribution in [0.1, 0.15) is 18.6 Å². The molecule has 1 aliphatic rings. The number of hydrogen-bond donors (Lipinski definition) is 1. The number of Topliss-reactive ketones (excluding diaryl/α,β-unsaturated/α-hetero) is 1. The molecule has 5 nitrogen and oxygen atoms in total. The zero-order chi connectivity index (χ0) is 13.3. The SMILES string of the molecule is CC(=O)OC1=C(N)OC(c2ccc(F)cc2)C1=O. The van der Waals surface area contributed by atoms with Crippen molar-refractivity contribution < 1.29 is 23.5 Å². The molecule has 0 spiro atoms. The number of carbonyl (C=O) groups is 2. The summed E-state index contributed by atoms with van der Waals surface area (Å²) in [4.78, 5) is 22.7. The Balaban J connectivity index is 2.23. The van der Waals surface area contributed by atoms with Crippen LogP contribution in [0.25, 0.3) is 0 Å². The summed E-state index contributed by atoms with van der Waals surface area (Å²) in [5.41, 5.74) is 5.90. The van der Waals surface area contributed by atoms with Crippen LogP contribution in [0.15, 0.2) is 35.9 Å². The molecule has 0 aliphatic carbocycles. The molecule has 1 unspecified atom stereocenters. The zero-order valence-electron chi connectivity index (χ0n) is 9.48. The highest BCUT2D eigenvalue weighted by Crippen LogP contribution is 2.31. The van der Waals surface area contributed by atoms with Crippen LogP contribution in [0.2, 0.25) is 0 Å². The minimum atomic E-state index is -1.00. The van der Waals surface area contributed by atoms with E-state index in [0.29, 0.717) is 5.56 Å². The van der Waals surface area contributed by atoms with Gasteiger partial charge in [0.05, 0.1) is 0 Å². The zero-order valence-corrected chi connectivity index (χ0v) is 9.48. The molecular weight excluding hydrogens is 241 g/mol. The molecule has 1 atom stereocenters. The molecule has 1 aromatic carbocycles. The number of esters is 1. The Bertz CT molecular complexity index is 536. The lowest BCUT2D eigenvalue weighted by atomic mass is 10.1. The molecule has 0 saturated carbocycles. The lowest BCUT2D eigenvalue weighted by molar-refractivity contribution is -0.140. The molecule has 18 heavy (non-hydrogen) atoms. The van der Waals surface area contributed by atoms with Crippen molar-refractivity contribution in [1.29, 1.82) is 0 Å². The Morgan fingerprint density at radius 3 is 2.56 bits per heavy atom. The van der Waals surface area contributed by atoms with E-state index in [2.05, 4.69) is 4.74 Å². The number of benzene rings is 1. The van der Waals surface area contributed by atoms with E-state index in [0.717, 1.165) is 6.92 Å². The van der Waals surface area contributed by atoms with E-state index in [1.807, 2.05) is 0 Å². The summed E-state index contributed by atoms with van der Waals surface area (Å²) < 4.78 is 22.6. The molecule has 0 fully saturated rings. The van der Waals surface area contributed by atoms with E-state index < -0.39 is 23.7 Å². The van der Waals surface area contributed by atoms with Gasteiger partial charge in [-0.25, -0.2) is 4.39 Å². The summed E-state index contributed by atoms with van der Waals surface area (Å²) in [6.45, 7) is 1.15. The first kappa shape index (κ1) is 12.1. The predicted octanol–water partition coefficient (Wildman–Crippen LogP) is 1.16. The largest absolute Gasteiger partial charge is 0.460 e. The minimum Gasteiger partial charge on any atom is -0.460 e. The lowest BCUT2D eigenvalue weighted by Crippen LogP contribution is -2.13. The Morgan fingerprint density at radius 1 is 1.39 bits per heavy atom. The van der Waals surface area contributed by atoms with Gasteiger partial charge in [0.2, 0.25) is 17.4 Å². The third-order valence-corrected chi connectivity index (χ3v) is 2.35. The van der Waals surface area contributed by atoms with Crippen LogP contribution >= 0.6 is 0 Å². The Hall–Kier alpha value is -2.37. The summed E-state index contributed by atoms with van der Waals surface area (Å²) in [6.07, 6.45) is -1.00. The molecule has 0 saturated heterocycles. The molecule has 0 aromatic heterocycles. The third-order valence-electron chi connectivity index (χ3n) is 2.35. The maximum Gasteiger partial charge on any atom is 0.308 e. The van der Waals surface area contributed by atoms with Crippen LogP contribution in [0, 0.1) is 5.82 Å². The van der Waals surface area contributed by atoms with Crippen molar-refractivity contribution in [2.45, 2.75) is 13.0 Å². The highest BCUT2D eigenvalue weighted by atomic mass is 19.1. The first-order chi connectivity index (χ1) is 8.49. The van der Waals surface area contributed by atoms with Crippen LogP contribution in [0.5, 0.6) is 0 Å². The average molecular weight is 251 g/mol. The van der Waals surface area contributed by atoms with Gasteiger partial charge in [0.1, 0.15) is 5.82 Å². The Kier molecular flexibility index (Phi) is 3.01. The van der Waals surface area contributed by atoms with Gasteiger partial charge in [-0.2, -0.15) is 0 Å². The third kappa shape index (κ3) is 2.17. The second kappa shape index (κ2) is 4.48. The second-order valence-electron chi connectivity index (χ2n) is 3.70. The van der Waals surface area contributed by atoms with Gasteiger partial charge >= 0.3 is 5.97 Å². The fraction of sp³-hybridized carbons (Fsp3) is 0.167. The number of nitrogens with two attached hydrogens (primary N) is 1. The normalized spacial score (nSPS) is 18.8. The second-order valence-corrected chi connectivity index (χ2v) is 3.70. The molecule has 94 valence electrons. The van der Waals surface area contributed by atoms with Crippen molar-refractivity contribution in [3.63, 3.8) is 0 Å². The maximum absolute atomic E-state index is 12.8. The molecule has 6 heteroatoms. The first-order valence-electron chi connectivity index (χ1n) is 5.13. The van der Waals surface area contributed by atoms with Crippen molar-refractivity contribution in [3.05, 3.63) is 47.3 Å². The van der Waals surface area contributed by atoms with Crippen molar-refractivity contribution in [2.75, 3.05) is 0 Å². The van der Waals surface area contributed by atoms with Crippen molar-refractivity contribution in [3.8, 4) is 0 Å². The van der Waals surface area contributed by atoms with E-state index >= 15 is 0 Å². The highest BCUT2D eigenvalue weighted by Gasteiger charge is 2.37. The Labute approximate surface area is 102 Å². The van der Waals surface area contributed by atoms with Gasteiger partial charge in [-0.1, -0.05) is 12.1 Å². The fourth-order valence-corrected chi connectivity index (χ4v) is 1.58. The number of halogens is 1. The summed E-state index contributed by atoms with van der Waals surface area (Å²) in [5.74, 6) is -2.20. The number of ether oxygens (including phenoxy) is 2. The van der Waals surface area contributed by atoms with Crippen LogP contribution in [0.3, 0.4) is 0 Å².